The number of fused-ring (bicyclic) bond motifs is 10. The Kier molecular flexibility index (Phi) is 3.76. The summed E-state index contributed by atoms with van der Waals surface area (Å²) in [6.07, 6.45) is 0. The van der Waals surface area contributed by atoms with Gasteiger partial charge in [0.15, 0.2) is 0 Å². The van der Waals surface area contributed by atoms with Gasteiger partial charge in [0.1, 0.15) is 0 Å². The van der Waals surface area contributed by atoms with Gasteiger partial charge in [-0.3, -0.25) is 0 Å². The van der Waals surface area contributed by atoms with Crippen molar-refractivity contribution in [3.05, 3.63) is 113 Å². The highest BCUT2D eigenvalue weighted by Crippen LogP contribution is 2.58. The van der Waals surface area contributed by atoms with E-state index in [1.54, 1.807) is 6.07 Å². The summed E-state index contributed by atoms with van der Waals surface area (Å²) >= 11 is 3.40. The molecule has 0 saturated heterocycles. The molecule has 0 aliphatic heterocycles. The SMILES string of the molecule is FC1(F)c2cc(Br)ccc2-c2c1c1c(c3ccccc23)c2ccccc2n1-c1ccccc1. The van der Waals surface area contributed by atoms with Crippen LogP contribution in [0.3, 0.4) is 0 Å². The molecule has 0 atom stereocenters. The van der Waals surface area contributed by atoms with Gasteiger partial charge in [-0.05, 0) is 46.7 Å². The average molecular weight is 496 g/mol. The lowest BCUT2D eigenvalue weighted by Gasteiger charge is -2.18. The molecule has 0 amide bonds. The average Bonchev–Trinajstić information content (AvgIpc) is 3.29. The van der Waals surface area contributed by atoms with E-state index < -0.39 is 5.92 Å². The molecule has 7 rings (SSSR count). The summed E-state index contributed by atoms with van der Waals surface area (Å²) in [7, 11) is 0. The number of hydrogen-bond acceptors (Lipinski definition) is 0. The molecule has 33 heavy (non-hydrogen) atoms. The summed E-state index contributed by atoms with van der Waals surface area (Å²) in [6.45, 7) is 0. The van der Waals surface area contributed by atoms with Crippen molar-refractivity contribution in [3.63, 3.8) is 0 Å². The van der Waals surface area contributed by atoms with E-state index in [-0.39, 0.29) is 11.1 Å². The van der Waals surface area contributed by atoms with E-state index in [9.17, 15) is 0 Å². The molecule has 0 unspecified atom stereocenters. The Morgan fingerprint density at radius 3 is 2.15 bits per heavy atom. The van der Waals surface area contributed by atoms with Crippen molar-refractivity contribution < 1.29 is 8.78 Å². The van der Waals surface area contributed by atoms with Crippen LogP contribution in [0.1, 0.15) is 11.1 Å². The first kappa shape index (κ1) is 19.0. The van der Waals surface area contributed by atoms with Crippen LogP contribution in [-0.2, 0) is 5.92 Å². The summed E-state index contributed by atoms with van der Waals surface area (Å²) < 4.78 is 35.4. The minimum absolute atomic E-state index is 0.0504. The van der Waals surface area contributed by atoms with Crippen molar-refractivity contribution in [1.82, 2.24) is 4.57 Å². The molecule has 0 bridgehead atoms. The molecule has 0 spiro atoms. The zero-order chi connectivity index (χ0) is 22.3. The Morgan fingerprint density at radius 2 is 1.36 bits per heavy atom. The first-order valence-corrected chi connectivity index (χ1v) is 11.6. The van der Waals surface area contributed by atoms with E-state index in [2.05, 4.69) is 22.0 Å². The van der Waals surface area contributed by atoms with Gasteiger partial charge in [-0.25, -0.2) is 0 Å². The number of hydrogen-bond donors (Lipinski definition) is 0. The maximum absolute atomic E-state index is 16.4. The van der Waals surface area contributed by atoms with Crippen LogP contribution in [-0.4, -0.2) is 4.57 Å². The Labute approximate surface area is 197 Å². The molecule has 1 heterocycles. The van der Waals surface area contributed by atoms with E-state index in [1.165, 1.54) is 0 Å². The van der Waals surface area contributed by atoms with E-state index in [4.69, 9.17) is 0 Å². The van der Waals surface area contributed by atoms with Gasteiger partial charge < -0.3 is 4.57 Å². The van der Waals surface area contributed by atoms with Crippen molar-refractivity contribution in [2.24, 2.45) is 0 Å². The van der Waals surface area contributed by atoms with Crippen LogP contribution in [0.2, 0.25) is 0 Å². The second-order valence-corrected chi connectivity index (χ2v) is 9.39. The first-order chi connectivity index (χ1) is 16.1. The molecule has 1 nitrogen and oxygen atoms in total. The summed E-state index contributed by atoms with van der Waals surface area (Å²) in [5.74, 6) is -3.13. The van der Waals surface area contributed by atoms with Crippen molar-refractivity contribution >= 4 is 48.5 Å². The highest BCUT2D eigenvalue weighted by molar-refractivity contribution is 9.10. The fraction of sp³-hybridized carbons (Fsp3) is 0.0345. The highest BCUT2D eigenvalue weighted by Gasteiger charge is 2.48. The summed E-state index contributed by atoms with van der Waals surface area (Å²) in [5.41, 5.74) is 3.73. The number of alkyl halides is 2. The zero-order valence-corrected chi connectivity index (χ0v) is 18.9. The van der Waals surface area contributed by atoms with Gasteiger partial charge in [-0.1, -0.05) is 82.7 Å². The number of aromatic nitrogens is 1. The Morgan fingerprint density at radius 1 is 0.697 bits per heavy atom. The number of benzene rings is 5. The Balaban J connectivity index is 1.83. The van der Waals surface area contributed by atoms with E-state index >= 15 is 8.78 Å². The van der Waals surface area contributed by atoms with Gasteiger partial charge in [-0.2, -0.15) is 8.78 Å². The molecule has 4 heteroatoms. The number of halogens is 3. The smallest absolute Gasteiger partial charge is 0.301 e. The largest absolute Gasteiger partial charge is 0.309 e. The molecule has 158 valence electrons. The second-order valence-electron chi connectivity index (χ2n) is 8.47. The Bertz CT molecular complexity index is 1750. The predicted octanol–water partition coefficient (Wildman–Crippen LogP) is 8.82. The number of nitrogens with zero attached hydrogens (tertiary/aromatic N) is 1. The second kappa shape index (κ2) is 6.52. The van der Waals surface area contributed by atoms with Crippen molar-refractivity contribution in [2.75, 3.05) is 0 Å². The van der Waals surface area contributed by atoms with Crippen LogP contribution < -0.4 is 0 Å². The lowest BCUT2D eigenvalue weighted by atomic mass is 9.93. The summed E-state index contributed by atoms with van der Waals surface area (Å²) in [5, 5.41) is 3.69. The normalized spacial score (nSPS) is 14.2. The third-order valence-corrected chi connectivity index (χ3v) is 7.24. The molecule has 5 aromatic carbocycles. The van der Waals surface area contributed by atoms with Crippen molar-refractivity contribution in [3.8, 4) is 16.8 Å². The monoisotopic (exact) mass is 495 g/mol. The standard InChI is InChI=1S/C29H16BrF2N/c30-17-14-15-21-23(16-17)29(31,32)27-25(21)19-10-4-5-11-20(19)26-22-12-6-7-13-24(22)33(28(26)27)18-8-2-1-3-9-18/h1-16H. The van der Waals surface area contributed by atoms with Crippen LogP contribution in [0.4, 0.5) is 8.78 Å². The third kappa shape index (κ3) is 2.39. The van der Waals surface area contributed by atoms with Crippen LogP contribution in [0.15, 0.2) is 102 Å². The van der Waals surface area contributed by atoms with Crippen LogP contribution in [0.5, 0.6) is 0 Å². The molecule has 0 saturated carbocycles. The maximum atomic E-state index is 16.4. The van der Waals surface area contributed by atoms with Crippen LogP contribution in [0.25, 0.3) is 49.4 Å². The Hall–Kier alpha value is -3.50. The predicted molar refractivity (Wildman–Crippen MR) is 134 cm³/mol. The maximum Gasteiger partial charge on any atom is 0.301 e. The molecule has 1 aliphatic carbocycles. The van der Waals surface area contributed by atoms with Gasteiger partial charge in [0.2, 0.25) is 0 Å². The van der Waals surface area contributed by atoms with E-state index in [1.807, 2.05) is 89.5 Å². The van der Waals surface area contributed by atoms with Gasteiger partial charge in [0.05, 0.1) is 16.6 Å². The van der Waals surface area contributed by atoms with Crippen LogP contribution >= 0.6 is 15.9 Å². The number of para-hydroxylation sites is 2. The minimum Gasteiger partial charge on any atom is -0.309 e. The molecular formula is C29H16BrF2N. The fourth-order valence-electron chi connectivity index (χ4n) is 5.48. The van der Waals surface area contributed by atoms with E-state index in [0.717, 1.165) is 32.7 Å². The quantitative estimate of drug-likeness (QED) is 0.214. The summed E-state index contributed by atoms with van der Waals surface area (Å²) in [4.78, 5) is 0. The lowest BCUT2D eigenvalue weighted by Crippen LogP contribution is -2.13. The van der Waals surface area contributed by atoms with Crippen molar-refractivity contribution in [2.45, 2.75) is 5.92 Å². The first-order valence-electron chi connectivity index (χ1n) is 10.8. The third-order valence-electron chi connectivity index (χ3n) is 6.74. The molecule has 0 radical (unpaired) electrons. The van der Waals surface area contributed by atoms with Crippen molar-refractivity contribution in [1.29, 1.82) is 0 Å². The molecular weight excluding hydrogens is 480 g/mol. The number of rotatable bonds is 1. The van der Waals surface area contributed by atoms with Gasteiger partial charge in [-0.15, -0.1) is 0 Å². The molecule has 1 aromatic heterocycles. The van der Waals surface area contributed by atoms with Crippen LogP contribution in [0, 0.1) is 0 Å². The zero-order valence-electron chi connectivity index (χ0n) is 17.3. The summed E-state index contributed by atoms with van der Waals surface area (Å²) in [6, 6.07) is 30.9. The molecule has 1 aliphatic rings. The lowest BCUT2D eigenvalue weighted by molar-refractivity contribution is 0.0493. The minimum atomic E-state index is -3.13. The molecule has 0 fully saturated rings. The highest BCUT2D eigenvalue weighted by atomic mass is 79.9. The van der Waals surface area contributed by atoms with E-state index in [0.29, 0.717) is 21.1 Å². The molecule has 6 aromatic rings. The fourth-order valence-corrected chi connectivity index (χ4v) is 5.84. The van der Waals surface area contributed by atoms with Gasteiger partial charge in [0.25, 0.3) is 0 Å². The van der Waals surface area contributed by atoms with Gasteiger partial charge in [0, 0.05) is 32.1 Å². The topological polar surface area (TPSA) is 4.93 Å². The molecule has 0 N–H and O–H groups in total. The van der Waals surface area contributed by atoms with Gasteiger partial charge >= 0.3 is 5.92 Å².